The van der Waals surface area contributed by atoms with Crippen molar-refractivity contribution < 1.29 is 24.8 Å². The van der Waals surface area contributed by atoms with Crippen molar-refractivity contribution in [1.29, 1.82) is 0 Å². The Morgan fingerprint density at radius 1 is 1.27 bits per heavy atom. The number of unbranched alkanes of at least 4 members (excludes halogenated alkanes) is 2. The van der Waals surface area contributed by atoms with Crippen molar-refractivity contribution in [2.45, 2.75) is 50.8 Å². The van der Waals surface area contributed by atoms with Crippen LogP contribution in [0.4, 0.5) is 0 Å². The van der Waals surface area contributed by atoms with E-state index in [4.69, 9.17) is 9.47 Å². The average Bonchev–Trinajstić information content (AvgIpc) is 2.23. The lowest BCUT2D eigenvalue weighted by Gasteiger charge is -2.35. The lowest BCUT2D eigenvalue weighted by molar-refractivity contribution is -0.265. The molecule has 0 unspecified atom stereocenters. The van der Waals surface area contributed by atoms with Crippen LogP contribution in [0.2, 0.25) is 0 Å². The van der Waals surface area contributed by atoms with Crippen LogP contribution in [-0.2, 0) is 9.47 Å². The zero-order valence-electron chi connectivity index (χ0n) is 9.00. The summed E-state index contributed by atoms with van der Waals surface area (Å²) in [5.74, 6) is 0. The van der Waals surface area contributed by atoms with Crippen molar-refractivity contribution in [3.8, 4) is 0 Å². The van der Waals surface area contributed by atoms with Gasteiger partial charge in [0.25, 0.3) is 0 Å². The molecule has 1 rings (SSSR count). The van der Waals surface area contributed by atoms with Gasteiger partial charge in [-0.15, -0.1) is 0 Å². The Kier molecular flexibility index (Phi) is 5.49. The Bertz CT molecular complexity index is 175. The van der Waals surface area contributed by atoms with Crippen molar-refractivity contribution in [2.75, 3.05) is 13.2 Å². The van der Waals surface area contributed by atoms with Gasteiger partial charge in [-0.1, -0.05) is 19.8 Å². The van der Waals surface area contributed by atoms with Crippen LogP contribution in [-0.4, -0.2) is 53.1 Å². The number of rotatable bonds is 5. The average molecular weight is 220 g/mol. The molecule has 3 N–H and O–H groups in total. The van der Waals surface area contributed by atoms with Crippen molar-refractivity contribution in [1.82, 2.24) is 0 Å². The molecule has 1 aliphatic rings. The Morgan fingerprint density at radius 2 is 2.00 bits per heavy atom. The normalized spacial score (nSPS) is 36.8. The number of hydrogen-bond acceptors (Lipinski definition) is 5. The highest BCUT2D eigenvalue weighted by Crippen LogP contribution is 2.17. The predicted molar refractivity (Wildman–Crippen MR) is 53.2 cm³/mol. The van der Waals surface area contributed by atoms with Gasteiger partial charge in [-0.25, -0.2) is 0 Å². The Hall–Kier alpha value is -0.200. The summed E-state index contributed by atoms with van der Waals surface area (Å²) in [5.41, 5.74) is 0. The summed E-state index contributed by atoms with van der Waals surface area (Å²) < 4.78 is 10.1. The van der Waals surface area contributed by atoms with Gasteiger partial charge in [-0.2, -0.15) is 0 Å². The van der Waals surface area contributed by atoms with Gasteiger partial charge in [0.15, 0.2) is 6.29 Å². The smallest absolute Gasteiger partial charge is 0.183 e. The maximum Gasteiger partial charge on any atom is 0.183 e. The maximum atomic E-state index is 9.55. The summed E-state index contributed by atoms with van der Waals surface area (Å²) in [6.07, 6.45) is -1.04. The Morgan fingerprint density at radius 3 is 2.67 bits per heavy atom. The molecule has 0 radical (unpaired) electrons. The molecule has 0 saturated carbocycles. The van der Waals surface area contributed by atoms with Gasteiger partial charge in [0, 0.05) is 6.61 Å². The summed E-state index contributed by atoms with van der Waals surface area (Å²) in [6, 6.07) is 0. The molecule has 0 aromatic rings. The van der Waals surface area contributed by atoms with E-state index in [0.29, 0.717) is 6.61 Å². The first-order valence-corrected chi connectivity index (χ1v) is 5.44. The van der Waals surface area contributed by atoms with Crippen LogP contribution in [0.1, 0.15) is 26.2 Å². The van der Waals surface area contributed by atoms with Crippen molar-refractivity contribution >= 4 is 0 Å². The molecule has 1 heterocycles. The molecule has 15 heavy (non-hydrogen) atoms. The minimum absolute atomic E-state index is 0.0584. The molecule has 5 heteroatoms. The second kappa shape index (κ2) is 6.40. The first-order valence-electron chi connectivity index (χ1n) is 5.44. The maximum absolute atomic E-state index is 9.55. The molecule has 0 aromatic heterocycles. The van der Waals surface area contributed by atoms with E-state index < -0.39 is 24.6 Å². The van der Waals surface area contributed by atoms with E-state index >= 15 is 0 Å². The highest BCUT2D eigenvalue weighted by molar-refractivity contribution is 4.83. The second-order valence-corrected chi connectivity index (χ2v) is 3.82. The van der Waals surface area contributed by atoms with E-state index in [2.05, 4.69) is 6.92 Å². The Labute approximate surface area is 89.6 Å². The van der Waals surface area contributed by atoms with Crippen LogP contribution in [0, 0.1) is 0 Å². The SMILES string of the molecule is CCCCCO[C@@H]1[C@@H](O)[C@H](O)CO[C@H]1O. The second-order valence-electron chi connectivity index (χ2n) is 3.82. The summed E-state index contributed by atoms with van der Waals surface area (Å²) in [4.78, 5) is 0. The van der Waals surface area contributed by atoms with Crippen LogP contribution in [0.5, 0.6) is 0 Å². The summed E-state index contributed by atoms with van der Waals surface area (Å²) >= 11 is 0. The predicted octanol–water partition coefficient (Wildman–Crippen LogP) is -0.368. The molecule has 0 aliphatic carbocycles. The van der Waals surface area contributed by atoms with Crippen LogP contribution in [0.25, 0.3) is 0 Å². The third-order valence-electron chi connectivity index (χ3n) is 2.51. The lowest BCUT2D eigenvalue weighted by atomic mass is 10.1. The van der Waals surface area contributed by atoms with Gasteiger partial charge in [0.1, 0.15) is 18.3 Å². The van der Waals surface area contributed by atoms with E-state index in [1.807, 2.05) is 0 Å². The molecule has 5 nitrogen and oxygen atoms in total. The topological polar surface area (TPSA) is 79.2 Å². The van der Waals surface area contributed by atoms with Gasteiger partial charge in [-0.3, -0.25) is 0 Å². The Balaban J connectivity index is 2.29. The quantitative estimate of drug-likeness (QED) is 0.551. The summed E-state index contributed by atoms with van der Waals surface area (Å²) in [6.45, 7) is 2.48. The van der Waals surface area contributed by atoms with Crippen LogP contribution >= 0.6 is 0 Å². The highest BCUT2D eigenvalue weighted by atomic mass is 16.6. The first kappa shape index (κ1) is 12.9. The molecule has 1 fully saturated rings. The molecular weight excluding hydrogens is 200 g/mol. The lowest BCUT2D eigenvalue weighted by Crippen LogP contribution is -2.54. The fraction of sp³-hybridized carbons (Fsp3) is 1.00. The fourth-order valence-electron chi connectivity index (χ4n) is 1.53. The van der Waals surface area contributed by atoms with E-state index in [1.165, 1.54) is 0 Å². The largest absolute Gasteiger partial charge is 0.388 e. The fourth-order valence-corrected chi connectivity index (χ4v) is 1.53. The zero-order valence-corrected chi connectivity index (χ0v) is 9.00. The molecule has 1 aliphatic heterocycles. The third kappa shape index (κ3) is 3.70. The number of aliphatic hydroxyl groups excluding tert-OH is 3. The molecule has 0 amide bonds. The van der Waals surface area contributed by atoms with Gasteiger partial charge >= 0.3 is 0 Å². The van der Waals surface area contributed by atoms with Crippen molar-refractivity contribution in [2.24, 2.45) is 0 Å². The van der Waals surface area contributed by atoms with E-state index in [0.717, 1.165) is 19.3 Å². The molecule has 0 bridgehead atoms. The van der Waals surface area contributed by atoms with Crippen molar-refractivity contribution in [3.63, 3.8) is 0 Å². The van der Waals surface area contributed by atoms with Crippen molar-refractivity contribution in [3.05, 3.63) is 0 Å². The first-order chi connectivity index (χ1) is 7.16. The summed E-state index contributed by atoms with van der Waals surface area (Å²) in [7, 11) is 0. The number of ether oxygens (including phenoxy) is 2. The summed E-state index contributed by atoms with van der Waals surface area (Å²) in [5, 5.41) is 28.2. The zero-order chi connectivity index (χ0) is 11.3. The van der Waals surface area contributed by atoms with Gasteiger partial charge in [0.05, 0.1) is 6.61 Å². The minimum Gasteiger partial charge on any atom is -0.388 e. The highest BCUT2D eigenvalue weighted by Gasteiger charge is 2.38. The minimum atomic E-state index is -1.15. The monoisotopic (exact) mass is 220 g/mol. The van der Waals surface area contributed by atoms with Crippen LogP contribution < -0.4 is 0 Å². The van der Waals surface area contributed by atoms with Gasteiger partial charge in [0.2, 0.25) is 0 Å². The van der Waals surface area contributed by atoms with Gasteiger partial charge in [-0.05, 0) is 6.42 Å². The molecule has 0 spiro atoms. The number of hydrogen-bond donors (Lipinski definition) is 3. The van der Waals surface area contributed by atoms with E-state index in [-0.39, 0.29) is 6.61 Å². The third-order valence-corrected chi connectivity index (χ3v) is 2.51. The number of aliphatic hydroxyl groups is 3. The molecular formula is C10H20O5. The molecule has 1 saturated heterocycles. The van der Waals surface area contributed by atoms with Gasteiger partial charge < -0.3 is 24.8 Å². The molecule has 0 aromatic carbocycles. The molecule has 4 atom stereocenters. The van der Waals surface area contributed by atoms with Crippen LogP contribution in [0.3, 0.4) is 0 Å². The van der Waals surface area contributed by atoms with E-state index in [1.54, 1.807) is 0 Å². The van der Waals surface area contributed by atoms with Crippen LogP contribution in [0.15, 0.2) is 0 Å². The van der Waals surface area contributed by atoms with E-state index in [9.17, 15) is 15.3 Å². The molecule has 90 valence electrons. The standard InChI is InChI=1S/C10H20O5/c1-2-3-4-5-14-9-8(12)7(11)6-15-10(9)13/h7-13H,2-6H2,1H3/t7-,8+,9-,10-/m1/s1.